The molecule has 1 aromatic carbocycles. The Balaban J connectivity index is 1.85. The summed E-state index contributed by atoms with van der Waals surface area (Å²) in [5.41, 5.74) is 2.02. The molecule has 1 aliphatic rings. The lowest BCUT2D eigenvalue weighted by Gasteiger charge is -2.26. The van der Waals surface area contributed by atoms with Gasteiger partial charge in [-0.2, -0.15) is 0 Å². The topological polar surface area (TPSA) is 70.4 Å². The predicted octanol–water partition coefficient (Wildman–Crippen LogP) is 4.26. The number of ether oxygens (including phenoxy) is 2. The van der Waals surface area contributed by atoms with Crippen molar-refractivity contribution in [3.63, 3.8) is 0 Å². The largest absolute Gasteiger partial charge is 0.468 e. The summed E-state index contributed by atoms with van der Waals surface area (Å²) in [6.45, 7) is 6.95. The summed E-state index contributed by atoms with van der Waals surface area (Å²) in [4.78, 5) is 32.4. The molecule has 0 unspecified atom stereocenters. The average Bonchev–Trinajstić information content (AvgIpc) is 3.13. The second-order valence-electron chi connectivity index (χ2n) is 8.04. The third-order valence-electron chi connectivity index (χ3n) is 5.54. The molecular weight excluding hydrogens is 432 g/mol. The van der Waals surface area contributed by atoms with Crippen LogP contribution in [0.4, 0.5) is 0 Å². The number of aromatic nitrogens is 2. The van der Waals surface area contributed by atoms with Crippen molar-refractivity contribution in [2.75, 3.05) is 7.11 Å². The van der Waals surface area contributed by atoms with Crippen molar-refractivity contribution < 1.29 is 14.3 Å². The molecule has 0 amide bonds. The number of carbonyl (C=O) groups is 1. The summed E-state index contributed by atoms with van der Waals surface area (Å²) < 4.78 is 12.6. The average molecular weight is 459 g/mol. The Kier molecular flexibility index (Phi) is 6.50. The Morgan fingerprint density at radius 2 is 2.06 bits per heavy atom. The van der Waals surface area contributed by atoms with E-state index in [4.69, 9.17) is 14.5 Å². The lowest BCUT2D eigenvalue weighted by atomic mass is 9.96. The van der Waals surface area contributed by atoms with E-state index in [9.17, 15) is 9.59 Å². The van der Waals surface area contributed by atoms with Crippen molar-refractivity contribution in [1.82, 2.24) is 9.55 Å². The number of carbonyl (C=O) groups excluding carboxylic acids is 1. The lowest BCUT2D eigenvalue weighted by molar-refractivity contribution is -0.139. The van der Waals surface area contributed by atoms with E-state index in [2.05, 4.69) is 13.8 Å². The molecule has 164 valence electrons. The van der Waals surface area contributed by atoms with Gasteiger partial charge in [0.05, 0.1) is 31.8 Å². The van der Waals surface area contributed by atoms with Crippen LogP contribution in [-0.4, -0.2) is 34.0 Å². The fourth-order valence-corrected chi connectivity index (χ4v) is 5.84. The second-order valence-corrected chi connectivity index (χ2v) is 10.4. The molecule has 1 aliphatic heterocycles. The molecule has 31 heavy (non-hydrogen) atoms. The third-order valence-corrected chi connectivity index (χ3v) is 7.70. The first kappa shape index (κ1) is 22.0. The van der Waals surface area contributed by atoms with E-state index in [0.29, 0.717) is 34.4 Å². The molecule has 0 saturated heterocycles. The van der Waals surface area contributed by atoms with E-state index in [1.54, 1.807) is 11.5 Å². The Hall–Kier alpha value is -2.16. The van der Waals surface area contributed by atoms with Gasteiger partial charge >= 0.3 is 5.97 Å². The Morgan fingerprint density at radius 3 is 2.74 bits per heavy atom. The molecule has 0 fully saturated rings. The van der Waals surface area contributed by atoms with Crippen LogP contribution in [0.5, 0.6) is 0 Å². The summed E-state index contributed by atoms with van der Waals surface area (Å²) in [6, 6.07) is 9.82. The van der Waals surface area contributed by atoms with Gasteiger partial charge in [0, 0.05) is 11.3 Å². The number of esters is 1. The first-order valence-corrected chi connectivity index (χ1v) is 12.0. The Labute approximate surface area is 189 Å². The Bertz CT molecular complexity index is 1150. The molecule has 3 aromatic rings. The van der Waals surface area contributed by atoms with Crippen molar-refractivity contribution in [2.24, 2.45) is 5.92 Å². The zero-order chi connectivity index (χ0) is 22.1. The molecule has 4 rings (SSSR count). The van der Waals surface area contributed by atoms with E-state index >= 15 is 0 Å². The van der Waals surface area contributed by atoms with Crippen molar-refractivity contribution in [3.05, 3.63) is 56.7 Å². The van der Waals surface area contributed by atoms with Gasteiger partial charge in [0.2, 0.25) is 0 Å². The molecule has 0 saturated carbocycles. The summed E-state index contributed by atoms with van der Waals surface area (Å²) in [7, 11) is 1.37. The predicted molar refractivity (Wildman–Crippen MR) is 124 cm³/mol. The monoisotopic (exact) mass is 458 g/mol. The van der Waals surface area contributed by atoms with Crippen LogP contribution in [0.25, 0.3) is 10.2 Å². The summed E-state index contributed by atoms with van der Waals surface area (Å²) >= 11 is 2.77. The fourth-order valence-electron chi connectivity index (χ4n) is 3.74. The molecule has 0 bridgehead atoms. The number of hydrogen-bond acceptors (Lipinski definition) is 7. The quantitative estimate of drug-likeness (QED) is 0.312. The maximum absolute atomic E-state index is 13.7. The summed E-state index contributed by atoms with van der Waals surface area (Å²) in [5.74, 6) is 0.0302. The number of hydrogen-bond donors (Lipinski definition) is 0. The first-order chi connectivity index (χ1) is 14.9. The van der Waals surface area contributed by atoms with Crippen LogP contribution in [-0.2, 0) is 33.8 Å². The second kappa shape index (κ2) is 9.14. The van der Waals surface area contributed by atoms with Crippen LogP contribution >= 0.6 is 23.1 Å². The van der Waals surface area contributed by atoms with Crippen molar-refractivity contribution >= 4 is 39.3 Å². The molecule has 2 aromatic heterocycles. The molecule has 0 spiro atoms. The molecule has 8 heteroatoms. The molecule has 0 radical (unpaired) electrons. The number of thiophene rings is 1. The molecule has 2 atom stereocenters. The summed E-state index contributed by atoms with van der Waals surface area (Å²) in [5, 5.41) is 0.749. The van der Waals surface area contributed by atoms with Gasteiger partial charge in [-0.3, -0.25) is 14.2 Å². The van der Waals surface area contributed by atoms with Crippen molar-refractivity contribution in [1.29, 1.82) is 0 Å². The zero-order valence-corrected chi connectivity index (χ0v) is 19.7. The fraction of sp³-hybridized carbons (Fsp3) is 0.435. The highest BCUT2D eigenvalue weighted by Crippen LogP contribution is 2.36. The third kappa shape index (κ3) is 4.42. The van der Waals surface area contributed by atoms with E-state index in [0.717, 1.165) is 22.4 Å². The van der Waals surface area contributed by atoms with E-state index in [1.165, 1.54) is 30.2 Å². The van der Waals surface area contributed by atoms with Gasteiger partial charge in [0.15, 0.2) is 5.16 Å². The van der Waals surface area contributed by atoms with Gasteiger partial charge in [0.1, 0.15) is 10.1 Å². The number of fused-ring (bicyclic) bond motifs is 3. The van der Waals surface area contributed by atoms with Crippen LogP contribution < -0.4 is 5.56 Å². The normalized spacial score (nSPS) is 17.0. The van der Waals surface area contributed by atoms with Crippen molar-refractivity contribution in [2.45, 2.75) is 56.9 Å². The standard InChI is InChI=1S/C23H26N2O4S2/c1-13(2)17-10-16-18(12-29-17)31-20-19(16)21(26)25(11-15-8-6-5-7-9-15)23(24-20)30-14(3)22(27)28-4/h5-9,13-14,17H,10-12H2,1-4H3/t14-,17+/m0/s1. The van der Waals surface area contributed by atoms with Gasteiger partial charge in [-0.25, -0.2) is 4.98 Å². The maximum Gasteiger partial charge on any atom is 0.318 e. The minimum Gasteiger partial charge on any atom is -0.468 e. The molecule has 3 heterocycles. The molecular formula is C23H26N2O4S2. The number of nitrogens with zero attached hydrogens (tertiary/aromatic N) is 2. The Morgan fingerprint density at radius 1 is 1.32 bits per heavy atom. The molecule has 6 nitrogen and oxygen atoms in total. The van der Waals surface area contributed by atoms with Crippen LogP contribution in [0.3, 0.4) is 0 Å². The van der Waals surface area contributed by atoms with E-state index in [1.807, 2.05) is 30.3 Å². The first-order valence-electron chi connectivity index (χ1n) is 10.3. The van der Waals surface area contributed by atoms with Gasteiger partial charge in [0.25, 0.3) is 5.56 Å². The number of methoxy groups -OCH3 is 1. The highest BCUT2D eigenvalue weighted by Gasteiger charge is 2.29. The highest BCUT2D eigenvalue weighted by atomic mass is 32.2. The number of rotatable bonds is 6. The highest BCUT2D eigenvalue weighted by molar-refractivity contribution is 8.00. The van der Waals surface area contributed by atoms with Gasteiger partial charge in [-0.15, -0.1) is 11.3 Å². The minimum atomic E-state index is -0.473. The van der Waals surface area contributed by atoms with E-state index in [-0.39, 0.29) is 17.6 Å². The zero-order valence-electron chi connectivity index (χ0n) is 18.1. The van der Waals surface area contributed by atoms with E-state index < -0.39 is 5.25 Å². The van der Waals surface area contributed by atoms with Crippen molar-refractivity contribution in [3.8, 4) is 0 Å². The van der Waals surface area contributed by atoms with Gasteiger partial charge in [-0.05, 0) is 24.0 Å². The SMILES string of the molecule is COC(=O)[C@H](C)Sc1nc2sc3c(c2c(=O)n1Cc1ccccc1)C[C@H](C(C)C)OC3. The van der Waals surface area contributed by atoms with Crippen LogP contribution in [0.15, 0.2) is 40.3 Å². The van der Waals surface area contributed by atoms with Crippen LogP contribution in [0.1, 0.15) is 36.8 Å². The minimum absolute atomic E-state index is 0.0599. The smallest absolute Gasteiger partial charge is 0.318 e. The van der Waals surface area contributed by atoms with Gasteiger partial charge < -0.3 is 9.47 Å². The van der Waals surface area contributed by atoms with Gasteiger partial charge in [-0.1, -0.05) is 55.9 Å². The summed E-state index contributed by atoms with van der Waals surface area (Å²) in [6.07, 6.45) is 0.820. The van der Waals surface area contributed by atoms with Crippen LogP contribution in [0.2, 0.25) is 0 Å². The van der Waals surface area contributed by atoms with Crippen LogP contribution in [0, 0.1) is 5.92 Å². The lowest BCUT2D eigenvalue weighted by Crippen LogP contribution is -2.29. The molecule has 0 aliphatic carbocycles. The number of benzene rings is 1. The maximum atomic E-state index is 13.7. The molecule has 0 N–H and O–H groups in total. The number of thioether (sulfide) groups is 1.